The fraction of sp³-hybridized carbons (Fsp3) is 0.786. The van der Waals surface area contributed by atoms with E-state index in [9.17, 15) is 4.79 Å². The summed E-state index contributed by atoms with van der Waals surface area (Å²) >= 11 is 1.68. The minimum atomic E-state index is -0.0948. The van der Waals surface area contributed by atoms with E-state index in [1.54, 1.807) is 11.8 Å². The van der Waals surface area contributed by atoms with Crippen molar-refractivity contribution in [1.82, 2.24) is 0 Å². The lowest BCUT2D eigenvalue weighted by Crippen LogP contribution is -2.29. The summed E-state index contributed by atoms with van der Waals surface area (Å²) in [6, 6.07) is 0. The molecule has 0 amide bonds. The van der Waals surface area contributed by atoms with Crippen LogP contribution in [0.3, 0.4) is 0 Å². The van der Waals surface area contributed by atoms with Crippen molar-refractivity contribution in [3.63, 3.8) is 0 Å². The van der Waals surface area contributed by atoms with Crippen molar-refractivity contribution in [3.05, 3.63) is 11.0 Å². The molecule has 0 saturated heterocycles. The third-order valence-electron chi connectivity index (χ3n) is 4.85. The maximum absolute atomic E-state index is 11.4. The molecular weight excluding hydrogens is 232 g/mol. The van der Waals surface area contributed by atoms with Crippen molar-refractivity contribution >= 4 is 17.7 Å². The first-order chi connectivity index (χ1) is 7.91. The summed E-state index contributed by atoms with van der Waals surface area (Å²) in [6.45, 7) is 9.40. The van der Waals surface area contributed by atoms with E-state index in [-0.39, 0.29) is 11.4 Å². The molecule has 96 valence electrons. The Balaban J connectivity index is 2.00. The predicted octanol–water partition coefficient (Wildman–Crippen LogP) is 3.62. The second-order valence-corrected chi connectivity index (χ2v) is 6.84. The van der Waals surface area contributed by atoms with E-state index in [1.807, 2.05) is 6.92 Å². The van der Waals surface area contributed by atoms with Gasteiger partial charge in [0, 0.05) is 5.41 Å². The third-order valence-corrected chi connectivity index (χ3v) is 6.13. The molecule has 17 heavy (non-hydrogen) atoms. The minimum absolute atomic E-state index is 0.0948. The lowest BCUT2D eigenvalue weighted by Gasteiger charge is -2.37. The highest BCUT2D eigenvalue weighted by Crippen LogP contribution is 2.67. The number of fused-ring (bicyclic) bond motifs is 2. The highest BCUT2D eigenvalue weighted by molar-refractivity contribution is 8.03. The Hall–Kier alpha value is -0.440. The van der Waals surface area contributed by atoms with Crippen LogP contribution in [-0.2, 0) is 9.53 Å². The molecule has 2 aliphatic carbocycles. The van der Waals surface area contributed by atoms with Crippen LogP contribution in [0.15, 0.2) is 11.0 Å². The Morgan fingerprint density at radius 3 is 2.71 bits per heavy atom. The highest BCUT2D eigenvalue weighted by atomic mass is 32.2. The Morgan fingerprint density at radius 1 is 1.53 bits per heavy atom. The standard InChI is InChI=1S/C14H22O2S/c1-5-16-12(15)9-17-11-8-10-6-7-14(11,4)13(10,2)3/h8,10H,5-7,9H2,1-4H3. The molecule has 0 aromatic carbocycles. The first-order valence-electron chi connectivity index (χ1n) is 6.42. The lowest BCUT2D eigenvalue weighted by molar-refractivity contribution is -0.139. The second-order valence-electron chi connectivity index (χ2n) is 5.82. The maximum Gasteiger partial charge on any atom is 0.316 e. The van der Waals surface area contributed by atoms with Crippen LogP contribution in [-0.4, -0.2) is 18.3 Å². The summed E-state index contributed by atoms with van der Waals surface area (Å²) in [7, 11) is 0. The SMILES string of the molecule is CCOC(=O)CSC1=CC2CCC1(C)C2(C)C. The van der Waals surface area contributed by atoms with Crippen molar-refractivity contribution in [1.29, 1.82) is 0 Å². The molecular formula is C14H22O2S. The zero-order chi connectivity index (χ0) is 12.7. The van der Waals surface area contributed by atoms with Gasteiger partial charge >= 0.3 is 5.97 Å². The van der Waals surface area contributed by atoms with Gasteiger partial charge in [-0.25, -0.2) is 0 Å². The predicted molar refractivity (Wildman–Crippen MR) is 71.8 cm³/mol. The molecule has 2 unspecified atom stereocenters. The molecule has 0 heterocycles. The summed E-state index contributed by atoms with van der Waals surface area (Å²) in [5.41, 5.74) is 0.624. The fourth-order valence-corrected chi connectivity index (χ4v) is 4.48. The van der Waals surface area contributed by atoms with Crippen LogP contribution in [0.25, 0.3) is 0 Å². The fourth-order valence-electron chi connectivity index (χ4n) is 3.18. The van der Waals surface area contributed by atoms with Crippen LogP contribution < -0.4 is 0 Å². The van der Waals surface area contributed by atoms with Gasteiger partial charge in [0.15, 0.2) is 0 Å². The van der Waals surface area contributed by atoms with E-state index in [0.717, 1.165) is 0 Å². The smallest absolute Gasteiger partial charge is 0.316 e. The number of ether oxygens (including phenoxy) is 1. The largest absolute Gasteiger partial charge is 0.465 e. The molecule has 2 bridgehead atoms. The molecule has 0 radical (unpaired) electrons. The van der Waals surface area contributed by atoms with E-state index in [1.165, 1.54) is 17.7 Å². The molecule has 3 heteroatoms. The highest BCUT2D eigenvalue weighted by Gasteiger charge is 2.57. The number of carbonyl (C=O) groups excluding carboxylic acids is 1. The Bertz CT molecular complexity index is 359. The first kappa shape index (κ1) is 13.0. The zero-order valence-electron chi connectivity index (χ0n) is 11.2. The van der Waals surface area contributed by atoms with Crippen molar-refractivity contribution in [2.75, 3.05) is 12.4 Å². The quantitative estimate of drug-likeness (QED) is 0.717. The second kappa shape index (κ2) is 4.34. The number of hydrogen-bond donors (Lipinski definition) is 0. The van der Waals surface area contributed by atoms with Gasteiger partial charge in [0.2, 0.25) is 0 Å². The molecule has 0 aliphatic heterocycles. The lowest BCUT2D eigenvalue weighted by atomic mass is 9.70. The summed E-state index contributed by atoms with van der Waals surface area (Å²) in [6.07, 6.45) is 4.95. The van der Waals surface area contributed by atoms with Crippen LogP contribution in [0.5, 0.6) is 0 Å². The van der Waals surface area contributed by atoms with Crippen LogP contribution in [0.4, 0.5) is 0 Å². The van der Waals surface area contributed by atoms with Gasteiger partial charge < -0.3 is 4.74 Å². The number of hydrogen-bond acceptors (Lipinski definition) is 3. The van der Waals surface area contributed by atoms with Gasteiger partial charge in [-0.05, 0) is 36.0 Å². The van der Waals surface area contributed by atoms with Crippen molar-refractivity contribution < 1.29 is 9.53 Å². The normalized spacial score (nSPS) is 33.6. The Morgan fingerprint density at radius 2 is 2.24 bits per heavy atom. The van der Waals surface area contributed by atoms with Gasteiger partial charge in [0.05, 0.1) is 12.4 Å². The summed E-state index contributed by atoms with van der Waals surface area (Å²) in [4.78, 5) is 12.8. The van der Waals surface area contributed by atoms with Crippen molar-refractivity contribution in [2.45, 2.75) is 40.5 Å². The number of esters is 1. The molecule has 0 N–H and O–H groups in total. The molecule has 2 nitrogen and oxygen atoms in total. The molecule has 1 fully saturated rings. The number of carbonyl (C=O) groups is 1. The molecule has 1 saturated carbocycles. The van der Waals surface area contributed by atoms with E-state index in [4.69, 9.17) is 4.74 Å². The van der Waals surface area contributed by atoms with Crippen LogP contribution in [0, 0.1) is 16.7 Å². The summed E-state index contributed by atoms with van der Waals surface area (Å²) in [5, 5.41) is 0. The van der Waals surface area contributed by atoms with Gasteiger partial charge in [0.25, 0.3) is 0 Å². The number of rotatable bonds is 4. The molecule has 2 rings (SSSR count). The van der Waals surface area contributed by atoms with E-state index in [2.05, 4.69) is 26.8 Å². The number of thioether (sulfide) groups is 1. The van der Waals surface area contributed by atoms with Crippen LogP contribution in [0.1, 0.15) is 40.5 Å². The average molecular weight is 254 g/mol. The van der Waals surface area contributed by atoms with E-state index < -0.39 is 0 Å². The molecule has 0 aromatic rings. The maximum atomic E-state index is 11.4. The first-order valence-corrected chi connectivity index (χ1v) is 7.41. The summed E-state index contributed by atoms with van der Waals surface area (Å²) in [5.74, 6) is 1.05. The van der Waals surface area contributed by atoms with Gasteiger partial charge in [-0.3, -0.25) is 4.79 Å². The van der Waals surface area contributed by atoms with Crippen molar-refractivity contribution in [2.24, 2.45) is 16.7 Å². The topological polar surface area (TPSA) is 26.3 Å². The van der Waals surface area contributed by atoms with Crippen molar-refractivity contribution in [3.8, 4) is 0 Å². The minimum Gasteiger partial charge on any atom is -0.465 e. The molecule has 2 aliphatic rings. The van der Waals surface area contributed by atoms with Crippen LogP contribution >= 0.6 is 11.8 Å². The van der Waals surface area contributed by atoms with E-state index in [0.29, 0.717) is 23.7 Å². The molecule has 0 aromatic heterocycles. The number of allylic oxidation sites excluding steroid dienone is 2. The summed E-state index contributed by atoms with van der Waals surface area (Å²) < 4.78 is 4.98. The average Bonchev–Trinajstić information content (AvgIpc) is 2.59. The molecule has 2 atom stereocenters. The third kappa shape index (κ3) is 1.92. The zero-order valence-corrected chi connectivity index (χ0v) is 12.0. The monoisotopic (exact) mass is 254 g/mol. The Kier molecular flexibility index (Phi) is 3.32. The van der Waals surface area contributed by atoms with Gasteiger partial charge in [-0.15, -0.1) is 11.8 Å². The van der Waals surface area contributed by atoms with Crippen LogP contribution in [0.2, 0.25) is 0 Å². The van der Waals surface area contributed by atoms with Gasteiger partial charge in [0.1, 0.15) is 0 Å². The molecule has 0 spiro atoms. The van der Waals surface area contributed by atoms with E-state index >= 15 is 0 Å². The van der Waals surface area contributed by atoms with Gasteiger partial charge in [-0.2, -0.15) is 0 Å². The Labute approximate surface area is 108 Å². The van der Waals surface area contributed by atoms with Gasteiger partial charge in [-0.1, -0.05) is 26.8 Å².